The van der Waals surface area contributed by atoms with E-state index in [0.717, 1.165) is 52.2 Å². The zero-order valence-corrected chi connectivity index (χ0v) is 18.7. The molecule has 5 heterocycles. The molecule has 1 radical (unpaired) electrons. The molecule has 8 heteroatoms. The lowest BCUT2D eigenvalue weighted by Crippen LogP contribution is -2.09. The van der Waals surface area contributed by atoms with Crippen LogP contribution in [-0.4, -0.2) is 42.4 Å². The van der Waals surface area contributed by atoms with Crippen LogP contribution in [-0.2, 0) is 13.1 Å². The standard InChI is InChI=1S/C25H25N6O2/c1-17-22(28-31-10-3-4-21(32-2)23(17)31)20-14-19-7-8-27-25(24(19)30(20)15-18-5-6-18)33-13-12-29-11-9-26-16-29/h4,7-11,14,16,18H,5-6,12-13,15H2,1-2H3. The molecule has 1 aliphatic rings. The predicted octanol–water partition coefficient (Wildman–Crippen LogP) is 4.15. The Labute approximate surface area is 191 Å². The van der Waals surface area contributed by atoms with E-state index in [1.807, 2.05) is 39.8 Å². The summed E-state index contributed by atoms with van der Waals surface area (Å²) in [7, 11) is 1.68. The van der Waals surface area contributed by atoms with E-state index in [0.29, 0.717) is 18.4 Å². The highest BCUT2D eigenvalue weighted by Gasteiger charge is 2.27. The van der Waals surface area contributed by atoms with Crippen LogP contribution in [0.15, 0.2) is 49.3 Å². The number of imidazole rings is 1. The molecule has 5 aromatic rings. The summed E-state index contributed by atoms with van der Waals surface area (Å²) < 4.78 is 18.0. The van der Waals surface area contributed by atoms with Crippen LogP contribution in [0.4, 0.5) is 0 Å². The maximum Gasteiger partial charge on any atom is 0.238 e. The molecule has 0 aliphatic heterocycles. The van der Waals surface area contributed by atoms with Crippen LogP contribution in [0.3, 0.4) is 0 Å². The van der Waals surface area contributed by atoms with Gasteiger partial charge in [0.25, 0.3) is 0 Å². The van der Waals surface area contributed by atoms with Crippen LogP contribution in [0.5, 0.6) is 11.6 Å². The molecule has 167 valence electrons. The van der Waals surface area contributed by atoms with Crippen molar-refractivity contribution in [3.63, 3.8) is 0 Å². The smallest absolute Gasteiger partial charge is 0.238 e. The van der Waals surface area contributed by atoms with Crippen molar-refractivity contribution < 1.29 is 9.47 Å². The minimum atomic E-state index is 0.521. The highest BCUT2D eigenvalue weighted by Crippen LogP contribution is 2.39. The topological polar surface area (TPSA) is 71.4 Å². The van der Waals surface area contributed by atoms with Crippen molar-refractivity contribution in [3.05, 3.63) is 60.9 Å². The summed E-state index contributed by atoms with van der Waals surface area (Å²) in [5, 5.41) is 6.02. The molecule has 0 bridgehead atoms. The molecular weight excluding hydrogens is 416 g/mol. The Kier molecular flexibility index (Phi) is 4.78. The molecule has 0 spiro atoms. The van der Waals surface area contributed by atoms with E-state index in [1.54, 1.807) is 19.6 Å². The Morgan fingerprint density at radius 2 is 2.12 bits per heavy atom. The lowest BCUT2D eigenvalue weighted by Gasteiger charge is -2.13. The van der Waals surface area contributed by atoms with Gasteiger partial charge in [0.2, 0.25) is 5.88 Å². The van der Waals surface area contributed by atoms with Crippen molar-refractivity contribution in [2.24, 2.45) is 5.92 Å². The second-order valence-corrected chi connectivity index (χ2v) is 8.56. The van der Waals surface area contributed by atoms with Gasteiger partial charge in [-0.3, -0.25) is 0 Å². The lowest BCUT2D eigenvalue weighted by molar-refractivity contribution is 0.289. The molecule has 1 fully saturated rings. The number of rotatable bonds is 8. The van der Waals surface area contributed by atoms with E-state index < -0.39 is 0 Å². The molecule has 0 atom stereocenters. The Bertz CT molecular complexity index is 1430. The molecule has 5 aromatic heterocycles. The summed E-state index contributed by atoms with van der Waals surface area (Å²) in [5.74, 6) is 2.11. The van der Waals surface area contributed by atoms with Crippen molar-refractivity contribution in [1.82, 2.24) is 28.7 Å². The van der Waals surface area contributed by atoms with Crippen LogP contribution in [0.1, 0.15) is 18.4 Å². The van der Waals surface area contributed by atoms with Gasteiger partial charge in [0.1, 0.15) is 29.1 Å². The average Bonchev–Trinajstić information content (AvgIpc) is 3.20. The minimum absolute atomic E-state index is 0.521. The van der Waals surface area contributed by atoms with E-state index in [4.69, 9.17) is 14.6 Å². The third-order valence-corrected chi connectivity index (χ3v) is 6.31. The number of hydrogen-bond donors (Lipinski definition) is 0. The summed E-state index contributed by atoms with van der Waals surface area (Å²) in [6.45, 7) is 4.27. The van der Waals surface area contributed by atoms with Gasteiger partial charge in [-0.2, -0.15) is 5.10 Å². The van der Waals surface area contributed by atoms with Crippen LogP contribution in [0, 0.1) is 18.9 Å². The summed E-state index contributed by atoms with van der Waals surface area (Å²) in [6, 6.07) is 9.20. The monoisotopic (exact) mass is 441 g/mol. The van der Waals surface area contributed by atoms with Gasteiger partial charge in [-0.1, -0.05) is 0 Å². The number of ether oxygens (including phenoxy) is 2. The summed E-state index contributed by atoms with van der Waals surface area (Å²) >= 11 is 0. The Balaban J connectivity index is 1.46. The third-order valence-electron chi connectivity index (χ3n) is 6.31. The summed E-state index contributed by atoms with van der Waals surface area (Å²) in [6.07, 6.45) is 11.7. The van der Waals surface area contributed by atoms with Gasteiger partial charge >= 0.3 is 0 Å². The second kappa shape index (κ2) is 7.95. The maximum absolute atomic E-state index is 6.18. The van der Waals surface area contributed by atoms with Gasteiger partial charge in [-0.15, -0.1) is 0 Å². The third kappa shape index (κ3) is 3.51. The number of nitrogens with zero attached hydrogens (tertiary/aromatic N) is 6. The molecule has 33 heavy (non-hydrogen) atoms. The predicted molar refractivity (Wildman–Crippen MR) is 124 cm³/mol. The molecule has 0 saturated heterocycles. The average molecular weight is 442 g/mol. The van der Waals surface area contributed by atoms with E-state index in [-0.39, 0.29) is 0 Å². The van der Waals surface area contributed by atoms with Gasteiger partial charge in [0.15, 0.2) is 0 Å². The fourth-order valence-electron chi connectivity index (χ4n) is 4.46. The van der Waals surface area contributed by atoms with Gasteiger partial charge in [-0.25, -0.2) is 14.5 Å². The molecule has 1 saturated carbocycles. The number of methoxy groups -OCH3 is 1. The van der Waals surface area contributed by atoms with Crippen LogP contribution in [0.25, 0.3) is 27.8 Å². The number of hydrogen-bond acceptors (Lipinski definition) is 5. The SMILES string of the molecule is COc1c[c]cn2nc(-c3cc4ccnc(OCCn5ccnc5)c4n3CC3CC3)c(C)c12. The number of aromatic nitrogens is 6. The van der Waals surface area contributed by atoms with Crippen molar-refractivity contribution in [2.75, 3.05) is 13.7 Å². The Morgan fingerprint density at radius 1 is 1.21 bits per heavy atom. The molecule has 8 nitrogen and oxygen atoms in total. The second-order valence-electron chi connectivity index (χ2n) is 8.56. The zero-order chi connectivity index (χ0) is 22.4. The first-order valence-electron chi connectivity index (χ1n) is 11.2. The van der Waals surface area contributed by atoms with Crippen LogP contribution < -0.4 is 9.47 Å². The first-order valence-corrected chi connectivity index (χ1v) is 11.2. The van der Waals surface area contributed by atoms with E-state index >= 15 is 0 Å². The molecular formula is C25H25N6O2. The normalized spacial score (nSPS) is 13.8. The molecule has 1 aliphatic carbocycles. The zero-order valence-electron chi connectivity index (χ0n) is 18.7. The molecule has 0 unspecified atom stereocenters. The van der Waals surface area contributed by atoms with E-state index in [1.165, 1.54) is 12.8 Å². The Hall–Kier alpha value is -3.81. The highest BCUT2D eigenvalue weighted by atomic mass is 16.5. The van der Waals surface area contributed by atoms with Crippen molar-refractivity contribution in [2.45, 2.75) is 32.9 Å². The van der Waals surface area contributed by atoms with Crippen molar-refractivity contribution in [1.29, 1.82) is 0 Å². The van der Waals surface area contributed by atoms with Crippen molar-refractivity contribution >= 4 is 16.4 Å². The van der Waals surface area contributed by atoms with Gasteiger partial charge in [0, 0.05) is 48.3 Å². The van der Waals surface area contributed by atoms with Gasteiger partial charge in [-0.05, 0) is 43.9 Å². The van der Waals surface area contributed by atoms with Crippen molar-refractivity contribution in [3.8, 4) is 23.0 Å². The largest absolute Gasteiger partial charge is 0.494 e. The molecule has 0 amide bonds. The number of aryl methyl sites for hydroxylation is 1. The highest BCUT2D eigenvalue weighted by molar-refractivity contribution is 5.91. The minimum Gasteiger partial charge on any atom is -0.494 e. The quantitative estimate of drug-likeness (QED) is 0.362. The fourth-order valence-corrected chi connectivity index (χ4v) is 4.46. The van der Waals surface area contributed by atoms with E-state index in [2.05, 4.69) is 33.6 Å². The fraction of sp³-hybridized carbons (Fsp3) is 0.320. The van der Waals surface area contributed by atoms with Gasteiger partial charge < -0.3 is 18.6 Å². The van der Waals surface area contributed by atoms with Crippen LogP contribution in [0.2, 0.25) is 0 Å². The maximum atomic E-state index is 6.18. The Morgan fingerprint density at radius 3 is 2.91 bits per heavy atom. The number of fused-ring (bicyclic) bond motifs is 2. The first-order chi connectivity index (χ1) is 16.2. The van der Waals surface area contributed by atoms with E-state index in [9.17, 15) is 0 Å². The first kappa shape index (κ1) is 19.8. The van der Waals surface area contributed by atoms with Crippen LogP contribution >= 0.6 is 0 Å². The molecule has 0 aromatic carbocycles. The summed E-state index contributed by atoms with van der Waals surface area (Å²) in [4.78, 5) is 8.69. The molecule has 6 rings (SSSR count). The lowest BCUT2D eigenvalue weighted by atomic mass is 10.1. The molecule has 0 N–H and O–H groups in total. The van der Waals surface area contributed by atoms with Gasteiger partial charge in [0.05, 0.1) is 25.7 Å². The number of pyridine rings is 2. The summed E-state index contributed by atoms with van der Waals surface area (Å²) in [5.41, 5.74) is 5.09.